The topological polar surface area (TPSA) is 69.6 Å². The maximum absolute atomic E-state index is 12.4. The number of nitrogens with zero attached hydrogens (tertiary/aromatic N) is 4. The lowest BCUT2D eigenvalue weighted by Gasteiger charge is -2.37. The van der Waals surface area contributed by atoms with Crippen molar-refractivity contribution in [1.82, 2.24) is 20.0 Å². The Labute approximate surface area is 200 Å². The van der Waals surface area contributed by atoms with Gasteiger partial charge in [-0.2, -0.15) is 0 Å². The first-order valence-corrected chi connectivity index (χ1v) is 10.5. The van der Waals surface area contributed by atoms with Crippen LogP contribution in [0.2, 0.25) is 5.02 Å². The molecule has 1 aromatic carbocycles. The minimum atomic E-state index is 0. The molecule has 8 nitrogen and oxygen atoms in total. The van der Waals surface area contributed by atoms with Gasteiger partial charge >= 0.3 is 0 Å². The van der Waals surface area contributed by atoms with Crippen LogP contribution in [0.4, 0.5) is 0 Å². The number of aliphatic imine (C=N–C) groups is 1. The molecule has 2 fully saturated rings. The third-order valence-corrected chi connectivity index (χ3v) is 5.40. The zero-order chi connectivity index (χ0) is 20.5. The highest BCUT2D eigenvalue weighted by molar-refractivity contribution is 14.0. The van der Waals surface area contributed by atoms with Crippen LogP contribution in [0.1, 0.15) is 0 Å². The number of carbonyl (C=O) groups excluding carboxylic acids is 1. The first-order chi connectivity index (χ1) is 14.2. The summed E-state index contributed by atoms with van der Waals surface area (Å²) in [5, 5.41) is 3.95. The predicted molar refractivity (Wildman–Crippen MR) is 129 cm³/mol. The van der Waals surface area contributed by atoms with Crippen LogP contribution in [0.5, 0.6) is 5.75 Å². The highest BCUT2D eigenvalue weighted by atomic mass is 127. The SMILES string of the molecule is CN=C(NCCOc1ccccc1Cl)N1CCN(CC(=O)N2CCOCC2)CC1.I. The van der Waals surface area contributed by atoms with Gasteiger partial charge in [0.15, 0.2) is 5.96 Å². The van der Waals surface area contributed by atoms with Gasteiger partial charge in [-0.3, -0.25) is 14.7 Å². The molecule has 30 heavy (non-hydrogen) atoms. The van der Waals surface area contributed by atoms with Crippen molar-refractivity contribution in [3.8, 4) is 5.75 Å². The van der Waals surface area contributed by atoms with Crippen LogP contribution in [0, 0.1) is 0 Å². The van der Waals surface area contributed by atoms with Crippen molar-refractivity contribution in [1.29, 1.82) is 0 Å². The van der Waals surface area contributed by atoms with Gasteiger partial charge in [0, 0.05) is 46.3 Å². The van der Waals surface area contributed by atoms with E-state index in [1.165, 1.54) is 0 Å². The van der Waals surface area contributed by atoms with E-state index >= 15 is 0 Å². The molecule has 1 N–H and O–H groups in total. The van der Waals surface area contributed by atoms with Gasteiger partial charge in [0.1, 0.15) is 12.4 Å². The highest BCUT2D eigenvalue weighted by Gasteiger charge is 2.24. The van der Waals surface area contributed by atoms with E-state index in [2.05, 4.69) is 20.1 Å². The van der Waals surface area contributed by atoms with E-state index in [1.807, 2.05) is 29.2 Å². The number of benzene rings is 1. The monoisotopic (exact) mass is 551 g/mol. The number of carbonyl (C=O) groups is 1. The Bertz CT molecular complexity index is 695. The molecule has 168 valence electrons. The van der Waals surface area contributed by atoms with E-state index < -0.39 is 0 Å². The molecular formula is C20H31ClIN5O3. The van der Waals surface area contributed by atoms with Gasteiger partial charge in [0.05, 0.1) is 31.3 Å². The lowest BCUT2D eigenvalue weighted by molar-refractivity contribution is -0.136. The number of ether oxygens (including phenoxy) is 2. The van der Waals surface area contributed by atoms with Gasteiger partial charge in [-0.25, -0.2) is 0 Å². The van der Waals surface area contributed by atoms with Crippen LogP contribution < -0.4 is 10.1 Å². The fraction of sp³-hybridized carbons (Fsp3) is 0.600. The molecule has 1 aromatic rings. The number of morpholine rings is 1. The summed E-state index contributed by atoms with van der Waals surface area (Å²) < 4.78 is 11.0. The molecule has 2 aliphatic rings. The van der Waals surface area contributed by atoms with Crippen LogP contribution in [0.15, 0.2) is 29.3 Å². The van der Waals surface area contributed by atoms with Crippen molar-refractivity contribution in [2.75, 3.05) is 79.2 Å². The summed E-state index contributed by atoms with van der Waals surface area (Å²) >= 11 is 6.10. The molecule has 2 saturated heterocycles. The van der Waals surface area contributed by atoms with E-state index in [0.717, 1.165) is 32.1 Å². The average molecular weight is 552 g/mol. The maximum Gasteiger partial charge on any atom is 0.236 e. The molecular weight excluding hydrogens is 521 g/mol. The zero-order valence-electron chi connectivity index (χ0n) is 17.4. The molecule has 0 aliphatic carbocycles. The third-order valence-electron chi connectivity index (χ3n) is 5.09. The Morgan fingerprint density at radius 2 is 1.83 bits per heavy atom. The molecule has 0 spiro atoms. The van der Waals surface area contributed by atoms with E-state index in [9.17, 15) is 4.79 Å². The van der Waals surface area contributed by atoms with Crippen molar-refractivity contribution in [3.63, 3.8) is 0 Å². The minimum Gasteiger partial charge on any atom is -0.490 e. The Morgan fingerprint density at radius 3 is 2.50 bits per heavy atom. The summed E-state index contributed by atoms with van der Waals surface area (Å²) in [6.07, 6.45) is 0. The smallest absolute Gasteiger partial charge is 0.236 e. The first-order valence-electron chi connectivity index (χ1n) is 10.1. The Kier molecular flexibility index (Phi) is 11.0. The molecule has 0 radical (unpaired) electrons. The first kappa shape index (κ1) is 25.0. The van der Waals surface area contributed by atoms with Crippen molar-refractivity contribution in [2.24, 2.45) is 4.99 Å². The molecule has 3 rings (SSSR count). The molecule has 0 atom stereocenters. The molecule has 0 aromatic heterocycles. The fourth-order valence-corrected chi connectivity index (χ4v) is 3.63. The van der Waals surface area contributed by atoms with Crippen molar-refractivity contribution in [3.05, 3.63) is 29.3 Å². The van der Waals surface area contributed by atoms with Crippen LogP contribution in [0.3, 0.4) is 0 Å². The molecule has 10 heteroatoms. The molecule has 2 heterocycles. The Morgan fingerprint density at radius 1 is 1.13 bits per heavy atom. The normalized spacial score (nSPS) is 18.0. The number of amides is 1. The predicted octanol–water partition coefficient (Wildman–Crippen LogP) is 1.39. The average Bonchev–Trinajstić information content (AvgIpc) is 2.76. The zero-order valence-corrected chi connectivity index (χ0v) is 20.5. The number of rotatable bonds is 6. The number of halogens is 2. The summed E-state index contributed by atoms with van der Waals surface area (Å²) in [5.74, 6) is 1.73. The molecule has 0 saturated carbocycles. The second-order valence-electron chi connectivity index (χ2n) is 7.01. The van der Waals surface area contributed by atoms with E-state index in [4.69, 9.17) is 21.1 Å². The van der Waals surface area contributed by atoms with Gasteiger partial charge in [-0.1, -0.05) is 23.7 Å². The van der Waals surface area contributed by atoms with Gasteiger partial charge in [-0.05, 0) is 12.1 Å². The van der Waals surface area contributed by atoms with Gasteiger partial charge < -0.3 is 24.6 Å². The number of guanidine groups is 1. The fourth-order valence-electron chi connectivity index (χ4n) is 3.44. The second-order valence-corrected chi connectivity index (χ2v) is 7.42. The minimum absolute atomic E-state index is 0. The number of hydrogen-bond donors (Lipinski definition) is 1. The quantitative estimate of drug-likeness (QED) is 0.250. The number of hydrogen-bond acceptors (Lipinski definition) is 5. The standard InChI is InChI=1S/C20H30ClN5O3.HI/c1-22-20(23-6-13-29-18-5-3-2-4-17(18)21)26-9-7-24(8-10-26)16-19(27)25-11-14-28-15-12-25;/h2-5H,6-16H2,1H3,(H,22,23);1H. The summed E-state index contributed by atoms with van der Waals surface area (Å²) in [5.41, 5.74) is 0. The lowest BCUT2D eigenvalue weighted by Crippen LogP contribution is -2.55. The Hall–Kier alpha value is -1.30. The number of nitrogens with one attached hydrogen (secondary N) is 1. The Balaban J connectivity index is 0.00000320. The van der Waals surface area contributed by atoms with E-state index in [-0.39, 0.29) is 29.9 Å². The summed E-state index contributed by atoms with van der Waals surface area (Å²) in [4.78, 5) is 23.1. The van der Waals surface area contributed by atoms with Crippen LogP contribution >= 0.6 is 35.6 Å². The third kappa shape index (κ3) is 7.44. The van der Waals surface area contributed by atoms with E-state index in [0.29, 0.717) is 56.8 Å². The summed E-state index contributed by atoms with van der Waals surface area (Å²) in [6, 6.07) is 7.45. The molecule has 0 unspecified atom stereocenters. The van der Waals surface area contributed by atoms with Crippen LogP contribution in [0.25, 0.3) is 0 Å². The van der Waals surface area contributed by atoms with E-state index in [1.54, 1.807) is 7.05 Å². The van der Waals surface area contributed by atoms with Gasteiger partial charge in [-0.15, -0.1) is 24.0 Å². The molecule has 0 bridgehead atoms. The summed E-state index contributed by atoms with van der Waals surface area (Å²) in [7, 11) is 1.78. The lowest BCUT2D eigenvalue weighted by atomic mass is 10.3. The maximum atomic E-state index is 12.4. The molecule has 1 amide bonds. The second kappa shape index (κ2) is 13.2. The summed E-state index contributed by atoms with van der Waals surface area (Å²) in [6.45, 7) is 7.64. The largest absolute Gasteiger partial charge is 0.490 e. The number of piperazine rings is 1. The van der Waals surface area contributed by atoms with Crippen molar-refractivity contribution in [2.45, 2.75) is 0 Å². The molecule has 2 aliphatic heterocycles. The van der Waals surface area contributed by atoms with Crippen LogP contribution in [-0.2, 0) is 9.53 Å². The highest BCUT2D eigenvalue weighted by Crippen LogP contribution is 2.22. The van der Waals surface area contributed by atoms with Crippen molar-refractivity contribution < 1.29 is 14.3 Å². The van der Waals surface area contributed by atoms with Crippen LogP contribution in [-0.4, -0.2) is 106 Å². The van der Waals surface area contributed by atoms with Crippen molar-refractivity contribution >= 4 is 47.4 Å². The van der Waals surface area contributed by atoms with Gasteiger partial charge in [0.25, 0.3) is 0 Å². The number of para-hydroxylation sites is 1. The van der Waals surface area contributed by atoms with Gasteiger partial charge in [0.2, 0.25) is 5.91 Å².